The second-order valence-corrected chi connectivity index (χ2v) is 4.10. The van der Waals surface area contributed by atoms with Crippen molar-refractivity contribution in [2.75, 3.05) is 7.11 Å². The number of rotatable bonds is 3. The van der Waals surface area contributed by atoms with E-state index in [4.69, 9.17) is 0 Å². The standard InChI is InChI=1S/C12H11F3O3/c1-17-11(16)9-4-8(7-2-3-7)5-10(6-9)18-12(13,14)15/h4-7H,2-3H2,1H3. The predicted octanol–water partition coefficient (Wildman–Crippen LogP) is 3.25. The van der Waals surface area contributed by atoms with E-state index >= 15 is 0 Å². The van der Waals surface area contributed by atoms with Crippen LogP contribution in [0.25, 0.3) is 0 Å². The fraction of sp³-hybridized carbons (Fsp3) is 0.417. The summed E-state index contributed by atoms with van der Waals surface area (Å²) >= 11 is 0. The minimum Gasteiger partial charge on any atom is -0.465 e. The average molecular weight is 260 g/mol. The van der Waals surface area contributed by atoms with Gasteiger partial charge in [-0.3, -0.25) is 0 Å². The van der Waals surface area contributed by atoms with Crippen LogP contribution in [0.1, 0.15) is 34.7 Å². The van der Waals surface area contributed by atoms with Crippen LogP contribution < -0.4 is 4.74 Å². The van der Waals surface area contributed by atoms with E-state index in [0.29, 0.717) is 5.56 Å². The van der Waals surface area contributed by atoms with Crippen molar-refractivity contribution in [2.24, 2.45) is 0 Å². The predicted molar refractivity (Wildman–Crippen MR) is 56.4 cm³/mol. The second-order valence-electron chi connectivity index (χ2n) is 4.10. The lowest BCUT2D eigenvalue weighted by Crippen LogP contribution is -2.17. The summed E-state index contributed by atoms with van der Waals surface area (Å²) < 4.78 is 44.8. The Morgan fingerprint density at radius 2 is 1.94 bits per heavy atom. The molecule has 1 fully saturated rings. The molecule has 1 aromatic carbocycles. The van der Waals surface area contributed by atoms with E-state index in [-0.39, 0.29) is 17.2 Å². The molecular formula is C12H11F3O3. The van der Waals surface area contributed by atoms with Crippen molar-refractivity contribution in [3.8, 4) is 5.75 Å². The highest BCUT2D eigenvalue weighted by Crippen LogP contribution is 2.42. The van der Waals surface area contributed by atoms with Crippen molar-refractivity contribution in [3.63, 3.8) is 0 Å². The molecular weight excluding hydrogens is 249 g/mol. The molecule has 2 rings (SSSR count). The van der Waals surface area contributed by atoms with Crippen molar-refractivity contribution in [1.82, 2.24) is 0 Å². The number of halogens is 3. The number of carbonyl (C=O) groups excluding carboxylic acids is 1. The molecule has 0 radical (unpaired) electrons. The van der Waals surface area contributed by atoms with Gasteiger partial charge in [0.2, 0.25) is 0 Å². The number of alkyl halides is 3. The average Bonchev–Trinajstić information content (AvgIpc) is 3.08. The summed E-state index contributed by atoms with van der Waals surface area (Å²) in [5.74, 6) is -0.845. The molecule has 0 amide bonds. The largest absolute Gasteiger partial charge is 0.573 e. The minimum absolute atomic E-state index is 0.0705. The molecule has 98 valence electrons. The molecule has 1 aliphatic rings. The maximum absolute atomic E-state index is 12.2. The van der Waals surface area contributed by atoms with Crippen LogP contribution in [0.2, 0.25) is 0 Å². The highest BCUT2D eigenvalue weighted by Gasteiger charge is 2.32. The Kier molecular flexibility index (Phi) is 3.19. The Labute approximate surface area is 102 Å². The van der Waals surface area contributed by atoms with E-state index in [9.17, 15) is 18.0 Å². The van der Waals surface area contributed by atoms with Gasteiger partial charge in [-0.1, -0.05) is 0 Å². The van der Waals surface area contributed by atoms with Crippen LogP contribution in [-0.2, 0) is 4.74 Å². The molecule has 6 heteroatoms. The Balaban J connectivity index is 2.33. The molecule has 0 atom stereocenters. The molecule has 0 aromatic heterocycles. The van der Waals surface area contributed by atoms with Crippen LogP contribution in [0.4, 0.5) is 13.2 Å². The number of benzene rings is 1. The summed E-state index contributed by atoms with van der Waals surface area (Å²) in [6.45, 7) is 0. The molecule has 18 heavy (non-hydrogen) atoms. The summed E-state index contributed by atoms with van der Waals surface area (Å²) in [5, 5.41) is 0. The topological polar surface area (TPSA) is 35.5 Å². The first-order valence-corrected chi connectivity index (χ1v) is 5.38. The van der Waals surface area contributed by atoms with Crippen molar-refractivity contribution in [2.45, 2.75) is 25.1 Å². The van der Waals surface area contributed by atoms with Crippen LogP contribution in [0.15, 0.2) is 18.2 Å². The van der Waals surface area contributed by atoms with Gasteiger partial charge in [0.15, 0.2) is 0 Å². The summed E-state index contributed by atoms with van der Waals surface area (Å²) in [6.07, 6.45) is -2.94. The summed E-state index contributed by atoms with van der Waals surface area (Å²) in [5.41, 5.74) is 0.748. The van der Waals surface area contributed by atoms with Crippen LogP contribution in [0.3, 0.4) is 0 Å². The number of esters is 1. The molecule has 1 saturated carbocycles. The van der Waals surface area contributed by atoms with Gasteiger partial charge in [-0.15, -0.1) is 13.2 Å². The van der Waals surface area contributed by atoms with Crippen LogP contribution >= 0.6 is 0 Å². The van der Waals surface area contributed by atoms with Gasteiger partial charge in [-0.05, 0) is 42.5 Å². The Hall–Kier alpha value is -1.72. The fourth-order valence-corrected chi connectivity index (χ4v) is 1.70. The van der Waals surface area contributed by atoms with Crippen molar-refractivity contribution in [1.29, 1.82) is 0 Å². The summed E-state index contributed by atoms with van der Waals surface area (Å²) in [6, 6.07) is 3.90. The smallest absolute Gasteiger partial charge is 0.465 e. The first-order chi connectivity index (χ1) is 8.39. The molecule has 0 saturated heterocycles. The van der Waals surface area contributed by atoms with Crippen molar-refractivity contribution >= 4 is 5.97 Å². The molecule has 1 aromatic rings. The molecule has 3 nitrogen and oxygen atoms in total. The number of methoxy groups -OCH3 is 1. The molecule has 1 aliphatic carbocycles. The highest BCUT2D eigenvalue weighted by molar-refractivity contribution is 5.90. The Morgan fingerprint density at radius 3 is 2.44 bits per heavy atom. The van der Waals surface area contributed by atoms with Crippen LogP contribution in [0.5, 0.6) is 5.75 Å². The van der Waals surface area contributed by atoms with Crippen molar-refractivity contribution in [3.05, 3.63) is 29.3 Å². The molecule has 0 spiro atoms. The SMILES string of the molecule is COC(=O)c1cc(OC(F)(F)F)cc(C2CC2)c1. The van der Waals surface area contributed by atoms with E-state index in [1.165, 1.54) is 13.2 Å². The maximum Gasteiger partial charge on any atom is 0.573 e. The van der Waals surface area contributed by atoms with Gasteiger partial charge < -0.3 is 9.47 Å². The van der Waals surface area contributed by atoms with Crippen LogP contribution in [0, 0.1) is 0 Å². The first-order valence-electron chi connectivity index (χ1n) is 5.38. The van der Waals surface area contributed by atoms with Gasteiger partial charge in [0.05, 0.1) is 12.7 Å². The third-order valence-corrected chi connectivity index (χ3v) is 2.63. The zero-order valence-electron chi connectivity index (χ0n) is 9.58. The van der Waals surface area contributed by atoms with Crippen LogP contribution in [-0.4, -0.2) is 19.4 Å². The van der Waals surface area contributed by atoms with Gasteiger partial charge in [-0.2, -0.15) is 0 Å². The normalized spacial score (nSPS) is 15.3. The molecule has 0 heterocycles. The molecule has 0 bridgehead atoms. The van der Waals surface area contributed by atoms with Gasteiger partial charge >= 0.3 is 12.3 Å². The maximum atomic E-state index is 12.2. The van der Waals surface area contributed by atoms with Gasteiger partial charge in [0, 0.05) is 0 Å². The van der Waals surface area contributed by atoms with E-state index in [1.54, 1.807) is 6.07 Å². The third-order valence-electron chi connectivity index (χ3n) is 2.63. The summed E-state index contributed by atoms with van der Waals surface area (Å²) in [4.78, 5) is 11.4. The lowest BCUT2D eigenvalue weighted by Gasteiger charge is -2.11. The monoisotopic (exact) mass is 260 g/mol. The van der Waals surface area contributed by atoms with Gasteiger partial charge in [0.1, 0.15) is 5.75 Å². The lowest BCUT2D eigenvalue weighted by atomic mass is 10.1. The first kappa shape index (κ1) is 12.7. The van der Waals surface area contributed by atoms with Crippen molar-refractivity contribution < 1.29 is 27.4 Å². The zero-order chi connectivity index (χ0) is 13.3. The Morgan fingerprint density at radius 1 is 1.28 bits per heavy atom. The van der Waals surface area contributed by atoms with Gasteiger partial charge in [-0.25, -0.2) is 4.79 Å². The van der Waals surface area contributed by atoms with E-state index in [2.05, 4.69) is 9.47 Å². The fourth-order valence-electron chi connectivity index (χ4n) is 1.70. The quantitative estimate of drug-likeness (QED) is 0.782. The zero-order valence-corrected chi connectivity index (χ0v) is 9.58. The number of ether oxygens (including phenoxy) is 2. The summed E-state index contributed by atoms with van der Waals surface area (Å²) in [7, 11) is 1.18. The molecule has 0 N–H and O–H groups in total. The third kappa shape index (κ3) is 3.15. The van der Waals surface area contributed by atoms with E-state index in [0.717, 1.165) is 18.9 Å². The van der Waals surface area contributed by atoms with E-state index in [1.807, 2.05) is 0 Å². The second kappa shape index (κ2) is 4.51. The Bertz CT molecular complexity index is 464. The molecule has 0 aliphatic heterocycles. The van der Waals surface area contributed by atoms with E-state index < -0.39 is 12.3 Å². The minimum atomic E-state index is -4.77. The number of carbonyl (C=O) groups is 1. The highest BCUT2D eigenvalue weighted by atomic mass is 19.4. The lowest BCUT2D eigenvalue weighted by molar-refractivity contribution is -0.274. The molecule has 0 unspecified atom stereocenters. The number of hydrogen-bond donors (Lipinski definition) is 0. The van der Waals surface area contributed by atoms with Gasteiger partial charge in [0.25, 0.3) is 0 Å². The number of hydrogen-bond acceptors (Lipinski definition) is 3.